The van der Waals surface area contributed by atoms with Crippen LogP contribution in [-0.2, 0) is 0 Å². The maximum atomic E-state index is 12.2. The lowest BCUT2D eigenvalue weighted by molar-refractivity contribution is 0.580. The van der Waals surface area contributed by atoms with Gasteiger partial charge >= 0.3 is 0 Å². The number of hydrogen-bond acceptors (Lipinski definition) is 0. The van der Waals surface area contributed by atoms with Gasteiger partial charge in [-0.05, 0) is 12.1 Å². The summed E-state index contributed by atoms with van der Waals surface area (Å²) in [6.07, 6.45) is 0. The van der Waals surface area contributed by atoms with Gasteiger partial charge in [0.15, 0.2) is 5.82 Å². The standard InChI is InChI=1S/C6H2ClF2/c7-5-2-1-4(8)3-6(5)9/h1-2H. The molecule has 1 aromatic rings. The third kappa shape index (κ3) is 1.39. The summed E-state index contributed by atoms with van der Waals surface area (Å²) < 4.78 is 24.1. The van der Waals surface area contributed by atoms with E-state index >= 15 is 0 Å². The number of benzene rings is 1. The molecule has 0 bridgehead atoms. The minimum atomic E-state index is -0.850. The Balaban J connectivity index is 3.17. The molecule has 0 N–H and O–H groups in total. The SMILES string of the molecule is Fc1[c]c(F)c(Cl)cc1. The Kier molecular flexibility index (Phi) is 1.67. The molecule has 0 aliphatic heterocycles. The van der Waals surface area contributed by atoms with Crippen LogP contribution in [0.3, 0.4) is 0 Å². The molecule has 9 heavy (non-hydrogen) atoms. The molecule has 47 valence electrons. The molecular weight excluding hydrogens is 146 g/mol. The molecule has 0 saturated carbocycles. The minimum absolute atomic E-state index is 0.114. The molecule has 0 unspecified atom stereocenters. The fourth-order valence-electron chi connectivity index (χ4n) is 0.426. The zero-order chi connectivity index (χ0) is 6.85. The first-order valence-corrected chi connectivity index (χ1v) is 2.61. The van der Waals surface area contributed by atoms with E-state index in [2.05, 4.69) is 0 Å². The van der Waals surface area contributed by atoms with Crippen LogP contribution in [0.2, 0.25) is 5.02 Å². The largest absolute Gasteiger partial charge is 0.206 e. The fourth-order valence-corrected chi connectivity index (χ4v) is 0.536. The Labute approximate surface area is 56.1 Å². The summed E-state index contributed by atoms with van der Waals surface area (Å²) in [5.74, 6) is -1.59. The van der Waals surface area contributed by atoms with E-state index in [1.165, 1.54) is 0 Å². The highest BCUT2D eigenvalue weighted by Gasteiger charge is 1.98. The zero-order valence-corrected chi connectivity index (χ0v) is 5.04. The maximum absolute atomic E-state index is 12.2. The maximum Gasteiger partial charge on any atom is 0.152 e. The Bertz CT molecular complexity index is 222. The van der Waals surface area contributed by atoms with Crippen molar-refractivity contribution in [1.82, 2.24) is 0 Å². The lowest BCUT2D eigenvalue weighted by Gasteiger charge is -1.89. The van der Waals surface area contributed by atoms with Gasteiger partial charge in [-0.15, -0.1) is 0 Å². The third-order valence-corrected chi connectivity index (χ3v) is 1.11. The van der Waals surface area contributed by atoms with Crippen LogP contribution in [0.1, 0.15) is 0 Å². The minimum Gasteiger partial charge on any atom is -0.206 e. The van der Waals surface area contributed by atoms with Gasteiger partial charge < -0.3 is 0 Å². The van der Waals surface area contributed by atoms with Gasteiger partial charge in [0, 0.05) is 0 Å². The number of halogens is 3. The highest BCUT2D eigenvalue weighted by Crippen LogP contribution is 2.13. The first kappa shape index (κ1) is 6.49. The molecule has 3 heteroatoms. The molecule has 0 atom stereocenters. The van der Waals surface area contributed by atoms with E-state index in [1.54, 1.807) is 6.07 Å². The van der Waals surface area contributed by atoms with Gasteiger partial charge in [-0.25, -0.2) is 8.78 Å². The van der Waals surface area contributed by atoms with Crippen LogP contribution in [0.25, 0.3) is 0 Å². The summed E-state index contributed by atoms with van der Waals surface area (Å²) in [6.45, 7) is 0. The van der Waals surface area contributed by atoms with Crippen molar-refractivity contribution in [3.05, 3.63) is 34.9 Å². The van der Waals surface area contributed by atoms with Gasteiger partial charge in [0.05, 0.1) is 11.1 Å². The Morgan fingerprint density at radius 3 is 2.44 bits per heavy atom. The smallest absolute Gasteiger partial charge is 0.152 e. The Morgan fingerprint density at radius 2 is 2.00 bits per heavy atom. The first-order valence-electron chi connectivity index (χ1n) is 2.23. The summed E-state index contributed by atoms with van der Waals surface area (Å²) in [4.78, 5) is 0. The molecule has 0 fully saturated rings. The van der Waals surface area contributed by atoms with Gasteiger partial charge in [-0.1, -0.05) is 11.6 Å². The summed E-state index contributed by atoms with van der Waals surface area (Å²) in [7, 11) is 0. The van der Waals surface area contributed by atoms with Crippen molar-refractivity contribution < 1.29 is 8.78 Å². The second-order valence-corrected chi connectivity index (χ2v) is 1.88. The summed E-state index contributed by atoms with van der Waals surface area (Å²) in [6, 6.07) is 3.96. The third-order valence-electron chi connectivity index (χ3n) is 0.815. The topological polar surface area (TPSA) is 0 Å². The average Bonchev–Trinajstić information content (AvgIpc) is 1.80. The van der Waals surface area contributed by atoms with E-state index in [9.17, 15) is 8.78 Å². The molecule has 0 aromatic heterocycles. The van der Waals surface area contributed by atoms with Crippen molar-refractivity contribution in [2.24, 2.45) is 0 Å². The Hall–Kier alpha value is -0.630. The average molecular weight is 148 g/mol. The molecule has 0 nitrogen and oxygen atoms in total. The highest BCUT2D eigenvalue weighted by molar-refractivity contribution is 6.30. The van der Waals surface area contributed by atoms with Crippen molar-refractivity contribution in [2.75, 3.05) is 0 Å². The molecular formula is C6H2ClF2. The van der Waals surface area contributed by atoms with Crippen molar-refractivity contribution in [3.63, 3.8) is 0 Å². The molecule has 1 aromatic carbocycles. The van der Waals surface area contributed by atoms with E-state index in [0.29, 0.717) is 0 Å². The Morgan fingerprint density at radius 1 is 1.33 bits per heavy atom. The first-order chi connectivity index (χ1) is 4.20. The molecule has 0 saturated heterocycles. The van der Waals surface area contributed by atoms with E-state index in [-0.39, 0.29) is 5.02 Å². The summed E-state index contributed by atoms with van der Waals surface area (Å²) >= 11 is 5.21. The van der Waals surface area contributed by atoms with Gasteiger partial charge in [0.25, 0.3) is 0 Å². The normalized spacial score (nSPS) is 9.67. The van der Waals surface area contributed by atoms with Gasteiger partial charge in [0.2, 0.25) is 0 Å². The van der Waals surface area contributed by atoms with E-state index in [0.717, 1.165) is 12.1 Å². The van der Waals surface area contributed by atoms with Crippen LogP contribution in [-0.4, -0.2) is 0 Å². The van der Waals surface area contributed by atoms with Crippen molar-refractivity contribution in [1.29, 1.82) is 0 Å². The fraction of sp³-hybridized carbons (Fsp3) is 0. The molecule has 0 aliphatic carbocycles. The van der Waals surface area contributed by atoms with E-state index in [4.69, 9.17) is 11.6 Å². The summed E-state index contributed by atoms with van der Waals surface area (Å²) in [5.41, 5.74) is 0. The van der Waals surface area contributed by atoms with Crippen LogP contribution >= 0.6 is 11.6 Å². The van der Waals surface area contributed by atoms with Crippen molar-refractivity contribution in [3.8, 4) is 0 Å². The quantitative estimate of drug-likeness (QED) is 0.495. The monoisotopic (exact) mass is 147 g/mol. The van der Waals surface area contributed by atoms with Crippen LogP contribution in [0.4, 0.5) is 8.78 Å². The van der Waals surface area contributed by atoms with Gasteiger partial charge in [-0.2, -0.15) is 0 Å². The molecule has 0 heterocycles. The lowest BCUT2D eigenvalue weighted by atomic mass is 10.3. The van der Waals surface area contributed by atoms with Crippen molar-refractivity contribution in [2.45, 2.75) is 0 Å². The molecule has 0 spiro atoms. The number of rotatable bonds is 0. The van der Waals surface area contributed by atoms with Crippen LogP contribution < -0.4 is 0 Å². The molecule has 0 amide bonds. The second-order valence-electron chi connectivity index (χ2n) is 1.47. The molecule has 0 aliphatic rings. The predicted molar refractivity (Wildman–Crippen MR) is 30.2 cm³/mol. The van der Waals surface area contributed by atoms with E-state index in [1.807, 2.05) is 0 Å². The van der Waals surface area contributed by atoms with Gasteiger partial charge in [-0.3, -0.25) is 0 Å². The summed E-state index contributed by atoms with van der Waals surface area (Å²) in [5, 5.41) is -0.114. The van der Waals surface area contributed by atoms with Crippen molar-refractivity contribution >= 4 is 11.6 Å². The van der Waals surface area contributed by atoms with Crippen LogP contribution in [0, 0.1) is 17.7 Å². The second kappa shape index (κ2) is 2.31. The van der Waals surface area contributed by atoms with Crippen LogP contribution in [0.15, 0.2) is 12.1 Å². The number of hydrogen-bond donors (Lipinski definition) is 0. The lowest BCUT2D eigenvalue weighted by Crippen LogP contribution is -1.78. The predicted octanol–water partition coefficient (Wildman–Crippen LogP) is 2.42. The molecule has 1 rings (SSSR count). The molecule has 1 radical (unpaired) electrons. The van der Waals surface area contributed by atoms with Crippen LogP contribution in [0.5, 0.6) is 0 Å². The van der Waals surface area contributed by atoms with Gasteiger partial charge in [0.1, 0.15) is 5.82 Å². The van der Waals surface area contributed by atoms with E-state index < -0.39 is 11.6 Å². The zero-order valence-electron chi connectivity index (χ0n) is 4.29. The highest BCUT2D eigenvalue weighted by atomic mass is 35.5.